The Bertz CT molecular complexity index is 798. The minimum absolute atomic E-state index is 0.0302. The van der Waals surface area contributed by atoms with E-state index in [1.807, 2.05) is 4.40 Å². The standard InChI is InChI=1S/C13H13N7O2/c21-13(10-1-3-16-22-10)17-9-2-5-19(7-9)11-12-18-15-8-20(12)6-4-14-11/h1,3-4,6,8-9H,2,5,7H2,(H,17,21). The molecule has 1 unspecified atom stereocenters. The number of rotatable bonds is 3. The number of anilines is 1. The van der Waals surface area contributed by atoms with E-state index in [1.54, 1.807) is 24.8 Å². The molecule has 9 nitrogen and oxygen atoms in total. The molecular weight excluding hydrogens is 286 g/mol. The average molecular weight is 299 g/mol. The molecule has 3 aromatic rings. The van der Waals surface area contributed by atoms with Crippen molar-refractivity contribution in [2.45, 2.75) is 12.5 Å². The lowest BCUT2D eigenvalue weighted by Gasteiger charge is -2.17. The van der Waals surface area contributed by atoms with Crippen molar-refractivity contribution in [3.8, 4) is 0 Å². The van der Waals surface area contributed by atoms with Gasteiger partial charge in [0.25, 0.3) is 5.91 Å². The molecule has 1 aliphatic heterocycles. The fourth-order valence-corrected chi connectivity index (χ4v) is 2.63. The maximum absolute atomic E-state index is 12.0. The second-order valence-corrected chi connectivity index (χ2v) is 5.09. The van der Waals surface area contributed by atoms with Crippen LogP contribution in [0, 0.1) is 0 Å². The maximum atomic E-state index is 12.0. The Morgan fingerprint density at radius 2 is 2.36 bits per heavy atom. The third kappa shape index (κ3) is 2.16. The van der Waals surface area contributed by atoms with Crippen molar-refractivity contribution in [1.82, 2.24) is 30.1 Å². The molecule has 1 N–H and O–H groups in total. The molecule has 0 saturated carbocycles. The largest absolute Gasteiger partial charge is 0.351 e. The van der Waals surface area contributed by atoms with Gasteiger partial charge in [-0.2, -0.15) is 0 Å². The molecule has 4 heterocycles. The number of hydrogen-bond acceptors (Lipinski definition) is 7. The zero-order valence-electron chi connectivity index (χ0n) is 11.6. The Morgan fingerprint density at radius 1 is 1.41 bits per heavy atom. The summed E-state index contributed by atoms with van der Waals surface area (Å²) in [5.74, 6) is 0.741. The van der Waals surface area contributed by atoms with E-state index < -0.39 is 0 Å². The Labute approximate surface area is 124 Å². The van der Waals surface area contributed by atoms with Gasteiger partial charge in [-0.1, -0.05) is 5.16 Å². The fourth-order valence-electron chi connectivity index (χ4n) is 2.63. The number of aromatic nitrogens is 5. The Balaban J connectivity index is 1.48. The summed E-state index contributed by atoms with van der Waals surface area (Å²) in [5, 5.41) is 14.5. The van der Waals surface area contributed by atoms with Gasteiger partial charge in [-0.15, -0.1) is 10.2 Å². The first-order valence-corrected chi connectivity index (χ1v) is 6.92. The van der Waals surface area contributed by atoms with Crippen molar-refractivity contribution in [1.29, 1.82) is 0 Å². The minimum atomic E-state index is -0.252. The van der Waals surface area contributed by atoms with Crippen LogP contribution in [0.5, 0.6) is 0 Å². The summed E-state index contributed by atoms with van der Waals surface area (Å²) in [5.41, 5.74) is 0.713. The lowest BCUT2D eigenvalue weighted by molar-refractivity contribution is 0.0903. The molecule has 1 atom stereocenters. The van der Waals surface area contributed by atoms with Crippen molar-refractivity contribution < 1.29 is 9.32 Å². The highest BCUT2D eigenvalue weighted by Gasteiger charge is 2.27. The first-order chi connectivity index (χ1) is 10.8. The van der Waals surface area contributed by atoms with Crippen LogP contribution in [0.2, 0.25) is 0 Å². The van der Waals surface area contributed by atoms with Crippen molar-refractivity contribution in [2.75, 3.05) is 18.0 Å². The van der Waals surface area contributed by atoms with Crippen molar-refractivity contribution in [3.05, 3.63) is 36.7 Å². The Morgan fingerprint density at radius 3 is 3.23 bits per heavy atom. The van der Waals surface area contributed by atoms with E-state index in [0.29, 0.717) is 12.2 Å². The van der Waals surface area contributed by atoms with Gasteiger partial charge in [0, 0.05) is 37.6 Å². The molecule has 0 spiro atoms. The Hall–Kier alpha value is -2.97. The number of carbonyl (C=O) groups excluding carboxylic acids is 1. The quantitative estimate of drug-likeness (QED) is 0.733. The van der Waals surface area contributed by atoms with Crippen molar-refractivity contribution in [2.24, 2.45) is 0 Å². The third-order valence-corrected chi connectivity index (χ3v) is 3.68. The zero-order valence-corrected chi connectivity index (χ0v) is 11.6. The van der Waals surface area contributed by atoms with Crippen LogP contribution >= 0.6 is 0 Å². The Kier molecular flexibility index (Phi) is 2.95. The minimum Gasteiger partial charge on any atom is -0.351 e. The highest BCUT2D eigenvalue weighted by molar-refractivity contribution is 5.91. The monoisotopic (exact) mass is 299 g/mol. The number of fused-ring (bicyclic) bond motifs is 1. The number of nitrogens with zero attached hydrogens (tertiary/aromatic N) is 6. The summed E-state index contributed by atoms with van der Waals surface area (Å²) < 4.78 is 6.68. The number of hydrogen-bond donors (Lipinski definition) is 1. The van der Waals surface area contributed by atoms with Crippen LogP contribution in [0.25, 0.3) is 5.65 Å². The van der Waals surface area contributed by atoms with Gasteiger partial charge in [-0.3, -0.25) is 9.20 Å². The van der Waals surface area contributed by atoms with Gasteiger partial charge in [0.05, 0.1) is 6.20 Å². The molecule has 4 rings (SSSR count). The van der Waals surface area contributed by atoms with Gasteiger partial charge in [0.15, 0.2) is 5.82 Å². The fraction of sp³-hybridized carbons (Fsp3) is 0.308. The molecule has 0 radical (unpaired) electrons. The normalized spacial score (nSPS) is 18.0. The molecule has 22 heavy (non-hydrogen) atoms. The number of amides is 1. The highest BCUT2D eigenvalue weighted by Crippen LogP contribution is 2.21. The maximum Gasteiger partial charge on any atom is 0.290 e. The van der Waals surface area contributed by atoms with E-state index in [1.165, 1.54) is 6.20 Å². The summed E-state index contributed by atoms with van der Waals surface area (Å²) >= 11 is 0. The van der Waals surface area contributed by atoms with Gasteiger partial charge in [-0.25, -0.2) is 4.98 Å². The second-order valence-electron chi connectivity index (χ2n) is 5.09. The molecule has 1 saturated heterocycles. The molecule has 1 aliphatic rings. The van der Waals surface area contributed by atoms with Gasteiger partial charge < -0.3 is 14.7 Å². The highest BCUT2D eigenvalue weighted by atomic mass is 16.5. The SMILES string of the molecule is O=C(NC1CCN(c2nccn3cnnc23)C1)c1ccno1. The molecule has 0 bridgehead atoms. The molecule has 1 fully saturated rings. The first-order valence-electron chi connectivity index (χ1n) is 6.92. The molecule has 0 aliphatic carbocycles. The van der Waals surface area contributed by atoms with Crippen molar-refractivity contribution >= 4 is 17.4 Å². The van der Waals surface area contributed by atoms with Crippen LogP contribution in [0.1, 0.15) is 17.0 Å². The van der Waals surface area contributed by atoms with Gasteiger partial charge in [0.1, 0.15) is 6.33 Å². The first kappa shape index (κ1) is 12.7. The van der Waals surface area contributed by atoms with E-state index in [0.717, 1.165) is 18.8 Å². The lowest BCUT2D eigenvalue weighted by atomic mass is 10.2. The smallest absolute Gasteiger partial charge is 0.290 e. The van der Waals surface area contributed by atoms with E-state index >= 15 is 0 Å². The topological polar surface area (TPSA) is 101 Å². The zero-order chi connectivity index (χ0) is 14.9. The summed E-state index contributed by atoms with van der Waals surface area (Å²) in [6.45, 7) is 1.46. The summed E-state index contributed by atoms with van der Waals surface area (Å²) in [6.07, 6.45) is 7.44. The van der Waals surface area contributed by atoms with Gasteiger partial charge >= 0.3 is 0 Å². The lowest BCUT2D eigenvalue weighted by Crippen LogP contribution is -2.37. The molecule has 1 amide bonds. The average Bonchev–Trinajstić information content (AvgIpc) is 3.27. The summed E-state index contributed by atoms with van der Waals surface area (Å²) in [7, 11) is 0. The number of nitrogens with one attached hydrogen (secondary N) is 1. The van der Waals surface area contributed by atoms with E-state index in [9.17, 15) is 4.79 Å². The molecule has 112 valence electrons. The molecule has 3 aromatic heterocycles. The van der Waals surface area contributed by atoms with E-state index in [4.69, 9.17) is 4.52 Å². The van der Waals surface area contributed by atoms with Crippen LogP contribution in [0.15, 0.2) is 35.5 Å². The molecule has 9 heteroatoms. The predicted octanol–water partition coefficient (Wildman–Crippen LogP) is 0.121. The molecule has 0 aromatic carbocycles. The van der Waals surface area contributed by atoms with Gasteiger partial charge in [-0.05, 0) is 6.42 Å². The van der Waals surface area contributed by atoms with Crippen LogP contribution in [-0.2, 0) is 0 Å². The predicted molar refractivity (Wildman–Crippen MR) is 75.4 cm³/mol. The van der Waals surface area contributed by atoms with Crippen LogP contribution in [0.3, 0.4) is 0 Å². The second kappa shape index (κ2) is 5.10. The summed E-state index contributed by atoms with van der Waals surface area (Å²) in [4.78, 5) is 18.4. The molecular formula is C13H13N7O2. The van der Waals surface area contributed by atoms with Crippen molar-refractivity contribution in [3.63, 3.8) is 0 Å². The van der Waals surface area contributed by atoms with Crippen LogP contribution < -0.4 is 10.2 Å². The van der Waals surface area contributed by atoms with E-state index in [-0.39, 0.29) is 17.7 Å². The van der Waals surface area contributed by atoms with Crippen LogP contribution in [-0.4, -0.2) is 49.8 Å². The van der Waals surface area contributed by atoms with Crippen LogP contribution in [0.4, 0.5) is 5.82 Å². The van der Waals surface area contributed by atoms with E-state index in [2.05, 4.69) is 30.6 Å². The summed E-state index contributed by atoms with van der Waals surface area (Å²) in [6, 6.07) is 1.57. The third-order valence-electron chi connectivity index (χ3n) is 3.68. The van der Waals surface area contributed by atoms with Gasteiger partial charge in [0.2, 0.25) is 11.4 Å². The number of carbonyl (C=O) groups is 1.